The van der Waals surface area contributed by atoms with Crippen molar-refractivity contribution in [2.75, 3.05) is 5.75 Å². The summed E-state index contributed by atoms with van der Waals surface area (Å²) in [5.74, 6) is 1.18. The molecular weight excluding hydrogens is 406 g/mol. The first-order valence-corrected chi connectivity index (χ1v) is 10.5. The smallest absolute Gasteiger partial charge is 0.250 e. The summed E-state index contributed by atoms with van der Waals surface area (Å²) in [4.78, 5) is 12.1. The zero-order valence-electron chi connectivity index (χ0n) is 16.5. The van der Waals surface area contributed by atoms with E-state index in [4.69, 9.17) is 11.6 Å². The monoisotopic (exact) mass is 427 g/mol. The van der Waals surface area contributed by atoms with Crippen LogP contribution in [0, 0.1) is 0 Å². The van der Waals surface area contributed by atoms with Crippen molar-refractivity contribution in [2.24, 2.45) is 12.1 Å². The number of hydrogen-bond acceptors (Lipinski definition) is 5. The van der Waals surface area contributed by atoms with Crippen LogP contribution in [0.2, 0.25) is 5.02 Å². The Hall–Kier alpha value is -2.64. The number of carbonyl (C=O) groups excluding carboxylic acids is 1. The first-order valence-electron chi connectivity index (χ1n) is 9.14. The average Bonchev–Trinajstić information content (AvgIpc) is 3.08. The van der Waals surface area contributed by atoms with Crippen LogP contribution in [-0.4, -0.2) is 32.6 Å². The Morgan fingerprint density at radius 1 is 1.17 bits per heavy atom. The molecule has 0 radical (unpaired) electrons. The Kier molecular flexibility index (Phi) is 7.06. The first-order chi connectivity index (χ1) is 13.9. The topological polar surface area (TPSA) is 72.2 Å². The van der Waals surface area contributed by atoms with Crippen LogP contribution in [0.1, 0.15) is 30.9 Å². The van der Waals surface area contributed by atoms with E-state index in [9.17, 15) is 4.79 Å². The number of nitrogens with zero attached hydrogens (tertiary/aromatic N) is 4. The van der Waals surface area contributed by atoms with Gasteiger partial charge in [-0.1, -0.05) is 61.5 Å². The van der Waals surface area contributed by atoms with E-state index in [1.807, 2.05) is 35.9 Å². The van der Waals surface area contributed by atoms with Gasteiger partial charge in [-0.2, -0.15) is 5.10 Å². The number of thioether (sulfide) groups is 1. The highest BCUT2D eigenvalue weighted by molar-refractivity contribution is 7.99. The van der Waals surface area contributed by atoms with Crippen LogP contribution in [0.5, 0.6) is 0 Å². The van der Waals surface area contributed by atoms with Gasteiger partial charge < -0.3 is 4.57 Å². The molecule has 0 aliphatic rings. The largest absolute Gasteiger partial charge is 0.305 e. The van der Waals surface area contributed by atoms with Gasteiger partial charge in [0.25, 0.3) is 5.91 Å². The third-order valence-corrected chi connectivity index (χ3v) is 5.55. The van der Waals surface area contributed by atoms with Gasteiger partial charge in [0.05, 0.1) is 12.0 Å². The van der Waals surface area contributed by atoms with E-state index in [0.717, 1.165) is 11.1 Å². The van der Waals surface area contributed by atoms with Crippen LogP contribution in [0.15, 0.2) is 58.8 Å². The maximum absolute atomic E-state index is 12.1. The summed E-state index contributed by atoms with van der Waals surface area (Å²) in [6.07, 6.45) is 1.63. The first kappa shape index (κ1) is 21.1. The molecule has 0 unspecified atom stereocenters. The highest BCUT2D eigenvalue weighted by Crippen LogP contribution is 2.23. The van der Waals surface area contributed by atoms with Crippen molar-refractivity contribution in [1.29, 1.82) is 0 Å². The van der Waals surface area contributed by atoms with Crippen LogP contribution in [0.25, 0.3) is 11.4 Å². The molecule has 0 aliphatic carbocycles. The summed E-state index contributed by atoms with van der Waals surface area (Å²) in [6.45, 7) is 4.30. The molecule has 29 heavy (non-hydrogen) atoms. The number of amides is 1. The summed E-state index contributed by atoms with van der Waals surface area (Å²) < 4.78 is 1.85. The molecule has 3 aromatic rings. The van der Waals surface area contributed by atoms with E-state index in [0.29, 0.717) is 21.9 Å². The van der Waals surface area contributed by atoms with E-state index < -0.39 is 0 Å². The van der Waals surface area contributed by atoms with Crippen LogP contribution in [0.4, 0.5) is 0 Å². The normalized spacial score (nSPS) is 11.3. The minimum atomic E-state index is -0.207. The quantitative estimate of drug-likeness (QED) is 0.342. The lowest BCUT2D eigenvalue weighted by molar-refractivity contribution is -0.118. The summed E-state index contributed by atoms with van der Waals surface area (Å²) in [6, 6.07) is 15.5. The molecule has 1 heterocycles. The number of nitrogens with one attached hydrogen (secondary N) is 1. The van der Waals surface area contributed by atoms with Crippen molar-refractivity contribution in [3.05, 3.63) is 64.7 Å². The van der Waals surface area contributed by atoms with Gasteiger partial charge in [0.2, 0.25) is 0 Å². The maximum atomic E-state index is 12.1. The summed E-state index contributed by atoms with van der Waals surface area (Å²) >= 11 is 7.23. The number of hydrogen-bond donors (Lipinski definition) is 1. The van der Waals surface area contributed by atoms with Gasteiger partial charge >= 0.3 is 0 Å². The van der Waals surface area contributed by atoms with Crippen molar-refractivity contribution in [3.8, 4) is 11.4 Å². The molecule has 6 nitrogen and oxygen atoms in total. The number of benzene rings is 2. The van der Waals surface area contributed by atoms with Crippen LogP contribution < -0.4 is 5.43 Å². The number of aromatic nitrogens is 3. The van der Waals surface area contributed by atoms with Gasteiger partial charge in [0.15, 0.2) is 11.0 Å². The fourth-order valence-corrected chi connectivity index (χ4v) is 3.43. The van der Waals surface area contributed by atoms with Crippen LogP contribution in [-0.2, 0) is 11.8 Å². The second-order valence-corrected chi connectivity index (χ2v) is 8.15. The molecule has 150 valence electrons. The van der Waals surface area contributed by atoms with Crippen LogP contribution >= 0.6 is 23.4 Å². The Balaban J connectivity index is 1.52. The van der Waals surface area contributed by atoms with Crippen LogP contribution in [0.3, 0.4) is 0 Å². The second-order valence-electron chi connectivity index (χ2n) is 6.78. The molecule has 0 bridgehead atoms. The molecule has 0 atom stereocenters. The van der Waals surface area contributed by atoms with E-state index in [-0.39, 0.29) is 11.7 Å². The summed E-state index contributed by atoms with van der Waals surface area (Å²) in [5.41, 5.74) is 5.65. The fraction of sp³-hybridized carbons (Fsp3) is 0.238. The number of rotatable bonds is 7. The molecule has 0 saturated carbocycles. The predicted octanol–water partition coefficient (Wildman–Crippen LogP) is 4.50. The fourth-order valence-electron chi connectivity index (χ4n) is 2.60. The molecule has 2 aromatic carbocycles. The molecule has 0 fully saturated rings. The minimum Gasteiger partial charge on any atom is -0.305 e. The standard InChI is InChI=1S/C21H22ClN5OS/c1-14(2)16-6-4-15(5-7-16)12-23-24-19(28)13-29-21-26-25-20(27(21)3)17-8-10-18(22)11-9-17/h4-12,14H,13H2,1-3H3,(H,24,28). The molecule has 0 spiro atoms. The minimum absolute atomic E-state index is 0.191. The molecule has 1 amide bonds. The Labute approximate surface area is 179 Å². The Morgan fingerprint density at radius 3 is 2.52 bits per heavy atom. The lowest BCUT2D eigenvalue weighted by Gasteiger charge is -2.05. The lowest BCUT2D eigenvalue weighted by atomic mass is 10.0. The average molecular weight is 428 g/mol. The summed E-state index contributed by atoms with van der Waals surface area (Å²) in [5, 5.41) is 13.7. The van der Waals surface area contributed by atoms with Crippen molar-refractivity contribution in [1.82, 2.24) is 20.2 Å². The van der Waals surface area contributed by atoms with Gasteiger partial charge in [-0.05, 0) is 41.3 Å². The van der Waals surface area contributed by atoms with E-state index >= 15 is 0 Å². The predicted molar refractivity (Wildman–Crippen MR) is 118 cm³/mol. The molecule has 1 N–H and O–H groups in total. The van der Waals surface area contributed by atoms with E-state index in [1.54, 1.807) is 18.3 Å². The third kappa shape index (κ3) is 5.68. The van der Waals surface area contributed by atoms with E-state index in [1.165, 1.54) is 17.3 Å². The second kappa shape index (κ2) is 9.71. The maximum Gasteiger partial charge on any atom is 0.250 e. The number of halogens is 1. The molecule has 1 aromatic heterocycles. The molecule has 0 saturated heterocycles. The Morgan fingerprint density at radius 2 is 1.86 bits per heavy atom. The van der Waals surface area contributed by atoms with Crippen molar-refractivity contribution >= 4 is 35.5 Å². The van der Waals surface area contributed by atoms with E-state index in [2.05, 4.69) is 46.7 Å². The Bertz CT molecular complexity index is 997. The summed E-state index contributed by atoms with van der Waals surface area (Å²) in [7, 11) is 1.86. The zero-order chi connectivity index (χ0) is 20.8. The van der Waals surface area contributed by atoms with Gasteiger partial charge in [-0.3, -0.25) is 4.79 Å². The highest BCUT2D eigenvalue weighted by atomic mass is 35.5. The number of hydrazone groups is 1. The molecular formula is C21H22ClN5OS. The van der Waals surface area contributed by atoms with Gasteiger partial charge in [-0.15, -0.1) is 10.2 Å². The number of carbonyl (C=O) groups is 1. The molecule has 0 aliphatic heterocycles. The SMILES string of the molecule is CC(C)c1ccc(C=NNC(=O)CSc2nnc(-c3ccc(Cl)cc3)n2C)cc1. The highest BCUT2D eigenvalue weighted by Gasteiger charge is 2.12. The van der Waals surface area contributed by atoms with Gasteiger partial charge in [-0.25, -0.2) is 5.43 Å². The third-order valence-electron chi connectivity index (χ3n) is 4.28. The van der Waals surface area contributed by atoms with Gasteiger partial charge in [0, 0.05) is 17.6 Å². The molecule has 3 rings (SSSR count). The van der Waals surface area contributed by atoms with Gasteiger partial charge in [0.1, 0.15) is 0 Å². The molecule has 8 heteroatoms. The van der Waals surface area contributed by atoms with Crippen molar-refractivity contribution < 1.29 is 4.79 Å². The van der Waals surface area contributed by atoms with Crippen molar-refractivity contribution in [2.45, 2.75) is 24.9 Å². The van der Waals surface area contributed by atoms with Crippen molar-refractivity contribution in [3.63, 3.8) is 0 Å². The zero-order valence-corrected chi connectivity index (χ0v) is 18.0. The lowest BCUT2D eigenvalue weighted by Crippen LogP contribution is -2.19.